The van der Waals surface area contributed by atoms with Gasteiger partial charge in [0, 0.05) is 11.1 Å². The highest BCUT2D eigenvalue weighted by Crippen LogP contribution is 2.37. The van der Waals surface area contributed by atoms with E-state index in [1.165, 1.54) is 16.2 Å². The lowest BCUT2D eigenvalue weighted by atomic mass is 10.1. The van der Waals surface area contributed by atoms with Gasteiger partial charge in [-0.1, -0.05) is 18.6 Å². The molecule has 7 nitrogen and oxygen atoms in total. The molecular weight excluding hydrogens is 432 g/mol. The van der Waals surface area contributed by atoms with Crippen molar-refractivity contribution >= 4 is 43.1 Å². The third-order valence-electron chi connectivity index (χ3n) is 5.60. The van der Waals surface area contributed by atoms with Gasteiger partial charge in [-0.2, -0.15) is 5.26 Å². The van der Waals surface area contributed by atoms with Crippen molar-refractivity contribution in [2.75, 3.05) is 11.6 Å². The molecule has 0 saturated heterocycles. The molecule has 0 bridgehead atoms. The van der Waals surface area contributed by atoms with E-state index in [0.29, 0.717) is 27.4 Å². The smallest absolute Gasteiger partial charge is 0.247 e. The standard InChI is InChI=1S/C22H24N4O3S2/c1-14(26-18-10-7-6-9-17(18)24-20(26)13-31(2,28)29)21(27)25-22-16(12-23)15-8-4-3-5-11-19(15)30-22/h6-7,9-10,14H,3-5,8,11,13H2,1-2H3,(H,25,27)/t14-/m0/s1. The van der Waals surface area contributed by atoms with Crippen LogP contribution in [-0.2, 0) is 33.2 Å². The Morgan fingerprint density at radius 2 is 2.03 bits per heavy atom. The number of carbonyl (C=O) groups is 1. The Morgan fingerprint density at radius 3 is 2.77 bits per heavy atom. The summed E-state index contributed by atoms with van der Waals surface area (Å²) in [6.45, 7) is 1.72. The summed E-state index contributed by atoms with van der Waals surface area (Å²) in [5.74, 6) is -0.226. The highest BCUT2D eigenvalue weighted by molar-refractivity contribution is 7.89. The quantitative estimate of drug-likeness (QED) is 0.585. The van der Waals surface area contributed by atoms with Gasteiger partial charge in [-0.05, 0) is 50.3 Å². The number of aryl methyl sites for hydroxylation is 1. The highest BCUT2D eigenvalue weighted by atomic mass is 32.2. The molecule has 1 N–H and O–H groups in total. The summed E-state index contributed by atoms with van der Waals surface area (Å²) in [5.41, 5.74) is 2.97. The summed E-state index contributed by atoms with van der Waals surface area (Å²) in [7, 11) is -3.34. The number of sulfone groups is 1. The van der Waals surface area contributed by atoms with Crippen molar-refractivity contribution in [3.05, 3.63) is 46.1 Å². The van der Waals surface area contributed by atoms with Crippen molar-refractivity contribution in [1.82, 2.24) is 9.55 Å². The first-order valence-electron chi connectivity index (χ1n) is 10.3. The number of para-hydroxylation sites is 2. The second-order valence-electron chi connectivity index (χ2n) is 8.00. The summed E-state index contributed by atoms with van der Waals surface area (Å²) >= 11 is 1.49. The van der Waals surface area contributed by atoms with Crippen LogP contribution >= 0.6 is 11.3 Å². The fourth-order valence-electron chi connectivity index (χ4n) is 4.15. The molecule has 3 aromatic rings. The maximum absolute atomic E-state index is 13.2. The molecule has 0 fully saturated rings. The van der Waals surface area contributed by atoms with E-state index in [4.69, 9.17) is 0 Å². The van der Waals surface area contributed by atoms with Crippen LogP contribution in [0, 0.1) is 11.3 Å². The van der Waals surface area contributed by atoms with E-state index < -0.39 is 15.9 Å². The largest absolute Gasteiger partial charge is 0.315 e. The number of nitrogens with zero attached hydrogens (tertiary/aromatic N) is 3. The number of nitrogens with one attached hydrogen (secondary N) is 1. The second-order valence-corrected chi connectivity index (χ2v) is 11.2. The number of anilines is 1. The van der Waals surface area contributed by atoms with Gasteiger partial charge in [-0.15, -0.1) is 11.3 Å². The van der Waals surface area contributed by atoms with Crippen LogP contribution in [0.2, 0.25) is 0 Å². The number of rotatable bonds is 5. The molecule has 0 radical (unpaired) electrons. The van der Waals surface area contributed by atoms with Gasteiger partial charge in [0.15, 0.2) is 9.84 Å². The first kappa shape index (κ1) is 21.5. The lowest BCUT2D eigenvalue weighted by molar-refractivity contribution is -0.118. The van der Waals surface area contributed by atoms with E-state index in [1.807, 2.05) is 18.2 Å². The summed E-state index contributed by atoms with van der Waals surface area (Å²) in [6.07, 6.45) is 6.26. The molecule has 162 valence electrons. The Balaban J connectivity index is 1.69. The molecule has 1 aromatic carbocycles. The zero-order chi connectivity index (χ0) is 22.2. The fraction of sp³-hybridized carbons (Fsp3) is 0.409. The van der Waals surface area contributed by atoms with E-state index in [0.717, 1.165) is 43.9 Å². The Labute approximate surface area is 185 Å². The van der Waals surface area contributed by atoms with Crippen LogP contribution in [0.1, 0.15) is 54.1 Å². The average Bonchev–Trinajstić information content (AvgIpc) is 3.13. The van der Waals surface area contributed by atoms with Crippen LogP contribution in [0.25, 0.3) is 11.0 Å². The molecule has 0 spiro atoms. The molecule has 1 aliphatic rings. The molecule has 0 unspecified atom stereocenters. The normalized spacial score (nSPS) is 15.1. The number of amides is 1. The van der Waals surface area contributed by atoms with Gasteiger partial charge in [-0.3, -0.25) is 4.79 Å². The van der Waals surface area contributed by atoms with E-state index in [2.05, 4.69) is 16.4 Å². The third kappa shape index (κ3) is 4.36. The molecule has 2 heterocycles. The van der Waals surface area contributed by atoms with E-state index in [9.17, 15) is 18.5 Å². The molecule has 0 saturated carbocycles. The molecule has 9 heteroatoms. The number of carbonyl (C=O) groups excluding carboxylic acids is 1. The minimum absolute atomic E-state index is 0.254. The fourth-order valence-corrected chi connectivity index (χ4v) is 6.06. The molecule has 4 rings (SSSR count). The van der Waals surface area contributed by atoms with Crippen molar-refractivity contribution in [3.8, 4) is 6.07 Å². The Hall–Kier alpha value is -2.70. The van der Waals surface area contributed by atoms with Crippen LogP contribution in [-0.4, -0.2) is 30.1 Å². The molecule has 2 aromatic heterocycles. The summed E-state index contributed by atoms with van der Waals surface area (Å²) in [4.78, 5) is 18.9. The van der Waals surface area contributed by atoms with Crippen LogP contribution in [0.4, 0.5) is 5.00 Å². The van der Waals surface area contributed by atoms with Crippen molar-refractivity contribution in [3.63, 3.8) is 0 Å². The van der Waals surface area contributed by atoms with Crippen molar-refractivity contribution < 1.29 is 13.2 Å². The van der Waals surface area contributed by atoms with Crippen LogP contribution in [0.3, 0.4) is 0 Å². The van der Waals surface area contributed by atoms with Crippen molar-refractivity contribution in [1.29, 1.82) is 5.26 Å². The first-order chi connectivity index (χ1) is 14.8. The predicted molar refractivity (Wildman–Crippen MR) is 122 cm³/mol. The van der Waals surface area contributed by atoms with E-state index in [-0.39, 0.29) is 11.7 Å². The SMILES string of the molecule is C[C@@H](C(=O)Nc1sc2c(c1C#N)CCCCC2)n1c(CS(C)(=O)=O)nc2ccccc21. The minimum atomic E-state index is -3.34. The third-order valence-corrected chi connectivity index (χ3v) is 7.59. The number of fused-ring (bicyclic) bond motifs is 2. The number of hydrogen-bond acceptors (Lipinski definition) is 6. The Bertz CT molecular complexity index is 1300. The summed E-state index contributed by atoms with van der Waals surface area (Å²) in [6, 6.07) is 8.87. The van der Waals surface area contributed by atoms with Crippen LogP contribution in [0.15, 0.2) is 24.3 Å². The molecule has 0 aliphatic heterocycles. The summed E-state index contributed by atoms with van der Waals surface area (Å²) < 4.78 is 25.6. The lowest BCUT2D eigenvalue weighted by Crippen LogP contribution is -2.25. The number of hydrogen-bond donors (Lipinski definition) is 1. The maximum Gasteiger partial charge on any atom is 0.247 e. The van der Waals surface area contributed by atoms with Gasteiger partial charge in [0.2, 0.25) is 5.91 Å². The minimum Gasteiger partial charge on any atom is -0.315 e. The topological polar surface area (TPSA) is 105 Å². The van der Waals surface area contributed by atoms with Crippen molar-refractivity contribution in [2.24, 2.45) is 0 Å². The van der Waals surface area contributed by atoms with Gasteiger partial charge in [-0.25, -0.2) is 13.4 Å². The lowest BCUT2D eigenvalue weighted by Gasteiger charge is -2.17. The van der Waals surface area contributed by atoms with E-state index in [1.54, 1.807) is 17.6 Å². The zero-order valence-corrected chi connectivity index (χ0v) is 19.1. The Kier molecular flexibility index (Phi) is 5.86. The number of thiophene rings is 1. The van der Waals surface area contributed by atoms with E-state index >= 15 is 0 Å². The molecule has 31 heavy (non-hydrogen) atoms. The second kappa shape index (κ2) is 8.44. The van der Waals surface area contributed by atoms with Gasteiger partial charge in [0.25, 0.3) is 0 Å². The average molecular weight is 457 g/mol. The number of aromatic nitrogens is 2. The molecule has 1 amide bonds. The van der Waals surface area contributed by atoms with Gasteiger partial charge in [0.05, 0.1) is 16.6 Å². The molecule has 1 aliphatic carbocycles. The number of imidazole rings is 1. The van der Waals surface area contributed by atoms with Gasteiger partial charge >= 0.3 is 0 Å². The molecule has 1 atom stereocenters. The van der Waals surface area contributed by atoms with Gasteiger partial charge in [0.1, 0.15) is 28.7 Å². The summed E-state index contributed by atoms with van der Waals surface area (Å²) in [5, 5.41) is 13.3. The number of nitriles is 1. The predicted octanol–water partition coefficient (Wildman–Crippen LogP) is 3.98. The monoisotopic (exact) mass is 456 g/mol. The van der Waals surface area contributed by atoms with Crippen LogP contribution in [0.5, 0.6) is 0 Å². The first-order valence-corrected chi connectivity index (χ1v) is 13.1. The van der Waals surface area contributed by atoms with Gasteiger partial charge < -0.3 is 9.88 Å². The Morgan fingerprint density at radius 1 is 1.29 bits per heavy atom. The van der Waals surface area contributed by atoms with Crippen LogP contribution < -0.4 is 5.32 Å². The zero-order valence-electron chi connectivity index (χ0n) is 17.5. The molecular formula is C22H24N4O3S2. The number of benzene rings is 1. The maximum atomic E-state index is 13.2. The highest BCUT2D eigenvalue weighted by Gasteiger charge is 2.26. The van der Waals surface area contributed by atoms with Crippen molar-refractivity contribution in [2.45, 2.75) is 50.8 Å².